The van der Waals surface area contributed by atoms with E-state index in [1.807, 2.05) is 25.1 Å². The molecule has 2 aliphatic heterocycles. The Hall–Kier alpha value is -3.48. The average molecular weight is 391 g/mol. The van der Waals surface area contributed by atoms with E-state index < -0.39 is 5.97 Å². The van der Waals surface area contributed by atoms with Gasteiger partial charge in [-0.25, -0.2) is 9.80 Å². The molecule has 2 aromatic rings. The van der Waals surface area contributed by atoms with E-state index in [1.165, 1.54) is 12.1 Å². The number of fused-ring (bicyclic) bond motifs is 1. The highest BCUT2D eigenvalue weighted by Gasteiger charge is 2.32. The van der Waals surface area contributed by atoms with Crippen molar-refractivity contribution in [3.63, 3.8) is 0 Å². The van der Waals surface area contributed by atoms with Crippen LogP contribution in [0.5, 0.6) is 0 Å². The molecule has 0 saturated heterocycles. The third kappa shape index (κ3) is 3.51. The number of carbonyl (C=O) groups excluding carboxylic acids is 3. The van der Waals surface area contributed by atoms with Crippen molar-refractivity contribution in [2.45, 2.75) is 26.2 Å². The third-order valence-corrected chi connectivity index (χ3v) is 5.17. The minimum absolute atomic E-state index is 0.128. The number of anilines is 2. The summed E-state index contributed by atoms with van der Waals surface area (Å²) in [6, 6.07) is 12.7. The maximum absolute atomic E-state index is 13.2. The normalized spacial score (nSPS) is 15.8. The van der Waals surface area contributed by atoms with E-state index in [4.69, 9.17) is 4.74 Å². The Morgan fingerprint density at radius 2 is 1.90 bits per heavy atom. The highest BCUT2D eigenvalue weighted by molar-refractivity contribution is 6.45. The Morgan fingerprint density at radius 1 is 1.07 bits per heavy atom. The van der Waals surface area contributed by atoms with Crippen molar-refractivity contribution in [1.82, 2.24) is 0 Å². The van der Waals surface area contributed by atoms with Gasteiger partial charge >= 0.3 is 5.97 Å². The van der Waals surface area contributed by atoms with Crippen LogP contribution < -0.4 is 9.91 Å². The topological polar surface area (TPSA) is 79.3 Å². The minimum atomic E-state index is -0.401. The van der Waals surface area contributed by atoms with Crippen LogP contribution in [0.2, 0.25) is 0 Å². The maximum Gasteiger partial charge on any atom is 0.337 e. The molecule has 148 valence electrons. The van der Waals surface area contributed by atoms with Crippen LogP contribution >= 0.6 is 0 Å². The van der Waals surface area contributed by atoms with Crippen LogP contribution in [0.3, 0.4) is 0 Å². The quantitative estimate of drug-likeness (QED) is 0.754. The van der Waals surface area contributed by atoms with Gasteiger partial charge in [0.25, 0.3) is 5.91 Å². The standard InChI is InChI=1S/C22H21N3O4/c1-14-4-3-5-17(12-14)25-20(26)9-7-18(23-25)21(27)24-11-10-15-13-16(22(28)29-2)6-8-19(15)24/h3-6,8,12-13H,7,9-11H2,1-2H3. The minimum Gasteiger partial charge on any atom is -0.465 e. The Morgan fingerprint density at radius 3 is 2.66 bits per heavy atom. The summed E-state index contributed by atoms with van der Waals surface area (Å²) in [7, 11) is 1.34. The average Bonchev–Trinajstić information content (AvgIpc) is 3.16. The van der Waals surface area contributed by atoms with Gasteiger partial charge in [-0.05, 0) is 54.8 Å². The molecule has 0 saturated carbocycles. The summed E-state index contributed by atoms with van der Waals surface area (Å²) in [5, 5.41) is 5.71. The zero-order chi connectivity index (χ0) is 20.5. The van der Waals surface area contributed by atoms with E-state index in [0.29, 0.717) is 36.3 Å². The molecule has 2 aliphatic rings. The SMILES string of the molecule is COC(=O)c1ccc2c(c1)CCN2C(=O)C1=NN(c2cccc(C)c2)C(=O)CC1. The first-order chi connectivity index (χ1) is 14.0. The summed E-state index contributed by atoms with van der Waals surface area (Å²) in [6.45, 7) is 2.45. The van der Waals surface area contributed by atoms with Gasteiger partial charge in [-0.15, -0.1) is 0 Å². The first-order valence-corrected chi connectivity index (χ1v) is 9.48. The number of esters is 1. The number of ether oxygens (including phenoxy) is 1. The number of amides is 2. The molecule has 0 aromatic heterocycles. The molecule has 0 spiro atoms. The second-order valence-corrected chi connectivity index (χ2v) is 7.13. The fourth-order valence-corrected chi connectivity index (χ4v) is 3.68. The number of benzene rings is 2. The number of rotatable bonds is 3. The van der Waals surface area contributed by atoms with Gasteiger partial charge in [0, 0.05) is 25.1 Å². The van der Waals surface area contributed by atoms with Crippen LogP contribution in [0.15, 0.2) is 47.6 Å². The number of nitrogens with zero attached hydrogens (tertiary/aromatic N) is 3. The molecule has 0 bridgehead atoms. The second kappa shape index (κ2) is 7.50. The van der Waals surface area contributed by atoms with Crippen molar-refractivity contribution >= 4 is 34.9 Å². The fraction of sp³-hybridized carbons (Fsp3) is 0.273. The largest absolute Gasteiger partial charge is 0.465 e. The van der Waals surface area contributed by atoms with Gasteiger partial charge in [0.05, 0.1) is 18.4 Å². The van der Waals surface area contributed by atoms with E-state index in [0.717, 1.165) is 16.8 Å². The summed E-state index contributed by atoms with van der Waals surface area (Å²) in [4.78, 5) is 38.9. The number of aryl methyl sites for hydroxylation is 1. The van der Waals surface area contributed by atoms with Crippen LogP contribution in [-0.4, -0.2) is 37.1 Å². The molecule has 0 radical (unpaired) electrons. The zero-order valence-corrected chi connectivity index (χ0v) is 16.3. The van der Waals surface area contributed by atoms with Gasteiger partial charge in [0.2, 0.25) is 5.91 Å². The van der Waals surface area contributed by atoms with E-state index in [2.05, 4.69) is 5.10 Å². The van der Waals surface area contributed by atoms with Gasteiger partial charge in [-0.2, -0.15) is 5.10 Å². The van der Waals surface area contributed by atoms with Gasteiger partial charge in [-0.3, -0.25) is 9.59 Å². The molecular weight excluding hydrogens is 370 g/mol. The summed E-state index contributed by atoms with van der Waals surface area (Å²) >= 11 is 0. The molecule has 4 rings (SSSR count). The molecule has 2 heterocycles. The first-order valence-electron chi connectivity index (χ1n) is 9.48. The first kappa shape index (κ1) is 18.9. The smallest absolute Gasteiger partial charge is 0.337 e. The van der Waals surface area contributed by atoms with Gasteiger partial charge in [0.1, 0.15) is 5.71 Å². The highest BCUT2D eigenvalue weighted by atomic mass is 16.5. The lowest BCUT2D eigenvalue weighted by atomic mass is 10.1. The number of methoxy groups -OCH3 is 1. The van der Waals surface area contributed by atoms with Crippen LogP contribution in [0, 0.1) is 6.92 Å². The molecule has 0 atom stereocenters. The zero-order valence-electron chi connectivity index (χ0n) is 16.3. The van der Waals surface area contributed by atoms with Crippen molar-refractivity contribution < 1.29 is 19.1 Å². The lowest BCUT2D eigenvalue weighted by Gasteiger charge is -2.25. The highest BCUT2D eigenvalue weighted by Crippen LogP contribution is 2.30. The molecule has 0 fully saturated rings. The van der Waals surface area contributed by atoms with E-state index in [9.17, 15) is 14.4 Å². The molecule has 7 nitrogen and oxygen atoms in total. The molecule has 0 aliphatic carbocycles. The van der Waals surface area contributed by atoms with Gasteiger partial charge < -0.3 is 9.64 Å². The molecule has 0 unspecified atom stereocenters. The number of hydrazone groups is 1. The maximum atomic E-state index is 13.2. The molecule has 2 amide bonds. The van der Waals surface area contributed by atoms with Crippen molar-refractivity contribution in [3.05, 3.63) is 59.2 Å². The molecule has 2 aromatic carbocycles. The monoisotopic (exact) mass is 391 g/mol. The predicted molar refractivity (Wildman–Crippen MR) is 109 cm³/mol. The van der Waals surface area contributed by atoms with Crippen molar-refractivity contribution in [2.24, 2.45) is 5.10 Å². The molecular formula is C22H21N3O4. The molecule has 29 heavy (non-hydrogen) atoms. The lowest BCUT2D eigenvalue weighted by Crippen LogP contribution is -2.41. The summed E-state index contributed by atoms with van der Waals surface area (Å²) in [5.74, 6) is -0.738. The van der Waals surface area contributed by atoms with Crippen molar-refractivity contribution in [1.29, 1.82) is 0 Å². The van der Waals surface area contributed by atoms with Gasteiger partial charge in [-0.1, -0.05) is 12.1 Å². The number of hydrogen-bond acceptors (Lipinski definition) is 5. The van der Waals surface area contributed by atoms with E-state index in [-0.39, 0.29) is 18.2 Å². The Labute approximate surface area is 168 Å². The van der Waals surface area contributed by atoms with Crippen LogP contribution in [0.25, 0.3) is 0 Å². The van der Waals surface area contributed by atoms with Crippen LogP contribution in [0.4, 0.5) is 11.4 Å². The summed E-state index contributed by atoms with van der Waals surface area (Å²) in [6.07, 6.45) is 1.20. The number of hydrogen-bond donors (Lipinski definition) is 0. The molecule has 0 N–H and O–H groups in total. The van der Waals surface area contributed by atoms with Gasteiger partial charge in [0.15, 0.2) is 0 Å². The summed E-state index contributed by atoms with van der Waals surface area (Å²) < 4.78 is 4.76. The van der Waals surface area contributed by atoms with Crippen LogP contribution in [0.1, 0.15) is 34.3 Å². The lowest BCUT2D eigenvalue weighted by molar-refractivity contribution is -0.118. The predicted octanol–water partition coefficient (Wildman–Crippen LogP) is 2.85. The Bertz CT molecular complexity index is 1040. The van der Waals surface area contributed by atoms with Crippen molar-refractivity contribution in [3.8, 4) is 0 Å². The molecule has 7 heteroatoms. The van der Waals surface area contributed by atoms with E-state index in [1.54, 1.807) is 29.2 Å². The second-order valence-electron chi connectivity index (χ2n) is 7.13. The van der Waals surface area contributed by atoms with Crippen molar-refractivity contribution in [2.75, 3.05) is 23.6 Å². The summed E-state index contributed by atoms with van der Waals surface area (Å²) in [5.41, 5.74) is 4.18. The Kier molecular flexibility index (Phi) is 4.88. The third-order valence-electron chi connectivity index (χ3n) is 5.17. The Balaban J connectivity index is 1.61. The van der Waals surface area contributed by atoms with E-state index >= 15 is 0 Å². The fourth-order valence-electron chi connectivity index (χ4n) is 3.68. The number of carbonyl (C=O) groups is 3. The van der Waals surface area contributed by atoms with Crippen LogP contribution in [-0.2, 0) is 20.7 Å².